The van der Waals surface area contributed by atoms with Crippen molar-refractivity contribution in [3.8, 4) is 0 Å². The number of hydrogen-bond donors (Lipinski definition) is 1. The normalized spacial score (nSPS) is 12.8. The summed E-state index contributed by atoms with van der Waals surface area (Å²) in [6.07, 6.45) is -0.736. The highest BCUT2D eigenvalue weighted by atomic mass is 79.9. The minimum absolute atomic E-state index is 0.323. The lowest BCUT2D eigenvalue weighted by atomic mass is 10.1. The first kappa shape index (κ1) is 13.2. The fraction of sp³-hybridized carbons (Fsp3) is 0.167. The maximum atomic E-state index is 13.0. The number of aryl methyl sites for hydroxylation is 1. The van der Waals surface area contributed by atoms with Crippen molar-refractivity contribution in [1.29, 1.82) is 0 Å². The van der Waals surface area contributed by atoms with Gasteiger partial charge in [-0.25, -0.2) is 4.39 Å². The third-order valence-electron chi connectivity index (χ3n) is 2.40. The predicted octanol–water partition coefficient (Wildman–Crippen LogP) is 4.80. The first-order chi connectivity index (χ1) is 7.99. The lowest BCUT2D eigenvalue weighted by molar-refractivity contribution is 0.223. The van der Waals surface area contributed by atoms with E-state index >= 15 is 0 Å². The summed E-state index contributed by atoms with van der Waals surface area (Å²) in [5.41, 5.74) is 1.75. The Morgan fingerprint density at radius 2 is 2.00 bits per heavy atom. The molecule has 1 heterocycles. The topological polar surface area (TPSA) is 20.2 Å². The van der Waals surface area contributed by atoms with Crippen LogP contribution in [0.15, 0.2) is 32.5 Å². The summed E-state index contributed by atoms with van der Waals surface area (Å²) in [4.78, 5) is 0.835. The van der Waals surface area contributed by atoms with Crippen LogP contribution in [-0.2, 0) is 0 Å². The van der Waals surface area contributed by atoms with Gasteiger partial charge in [-0.2, -0.15) is 0 Å². The van der Waals surface area contributed by atoms with Crippen molar-refractivity contribution in [3.63, 3.8) is 0 Å². The Morgan fingerprint density at radius 3 is 2.53 bits per heavy atom. The van der Waals surface area contributed by atoms with Crippen molar-refractivity contribution < 1.29 is 9.50 Å². The summed E-state index contributed by atoms with van der Waals surface area (Å²) in [6, 6.07) is 6.22. The van der Waals surface area contributed by atoms with Gasteiger partial charge in [0.05, 0.1) is 3.79 Å². The molecular formula is C12H9Br2FOS. The Bertz CT molecular complexity index is 534. The number of halogens is 3. The molecule has 17 heavy (non-hydrogen) atoms. The van der Waals surface area contributed by atoms with E-state index in [0.29, 0.717) is 10.0 Å². The van der Waals surface area contributed by atoms with Gasteiger partial charge >= 0.3 is 0 Å². The quantitative estimate of drug-likeness (QED) is 0.794. The lowest BCUT2D eigenvalue weighted by Crippen LogP contribution is -1.98. The molecule has 0 radical (unpaired) electrons. The standard InChI is InChI=1S/C12H9Br2FOS/c1-6-4-10(17-12(6)14)11(16)8-3-2-7(15)5-9(8)13/h2-5,11,16H,1H3. The molecule has 1 aromatic carbocycles. The molecule has 0 fully saturated rings. The van der Waals surface area contributed by atoms with Crippen molar-refractivity contribution in [2.24, 2.45) is 0 Å². The number of aliphatic hydroxyl groups excluding tert-OH is 1. The minimum Gasteiger partial charge on any atom is -0.383 e. The molecule has 0 spiro atoms. The summed E-state index contributed by atoms with van der Waals surface area (Å²) in [5, 5.41) is 10.2. The minimum atomic E-state index is -0.736. The second kappa shape index (κ2) is 5.18. The summed E-state index contributed by atoms with van der Waals surface area (Å²) in [7, 11) is 0. The molecule has 2 aromatic rings. The zero-order valence-corrected chi connectivity index (χ0v) is 12.9. The Hall–Kier alpha value is -0.230. The van der Waals surface area contributed by atoms with Crippen LogP contribution in [-0.4, -0.2) is 5.11 Å². The van der Waals surface area contributed by atoms with Crippen LogP contribution < -0.4 is 0 Å². The Morgan fingerprint density at radius 1 is 1.29 bits per heavy atom. The van der Waals surface area contributed by atoms with E-state index in [9.17, 15) is 9.50 Å². The van der Waals surface area contributed by atoms with E-state index in [2.05, 4.69) is 31.9 Å². The molecule has 0 amide bonds. The first-order valence-corrected chi connectivity index (χ1v) is 7.28. The van der Waals surface area contributed by atoms with Crippen LogP contribution in [0.5, 0.6) is 0 Å². The highest BCUT2D eigenvalue weighted by molar-refractivity contribution is 9.11. The smallest absolute Gasteiger partial charge is 0.124 e. The molecule has 1 atom stereocenters. The highest BCUT2D eigenvalue weighted by Gasteiger charge is 2.17. The van der Waals surface area contributed by atoms with Gasteiger partial charge in [0, 0.05) is 14.9 Å². The zero-order valence-electron chi connectivity index (χ0n) is 8.88. The Kier molecular flexibility index (Phi) is 4.02. The number of hydrogen-bond acceptors (Lipinski definition) is 2. The van der Waals surface area contributed by atoms with Gasteiger partial charge in [-0.3, -0.25) is 0 Å². The molecule has 90 valence electrons. The molecule has 0 saturated carbocycles. The summed E-state index contributed by atoms with van der Waals surface area (Å²) < 4.78 is 14.5. The van der Waals surface area contributed by atoms with Gasteiger partial charge in [0.25, 0.3) is 0 Å². The Balaban J connectivity index is 2.39. The van der Waals surface area contributed by atoms with Crippen LogP contribution in [0.25, 0.3) is 0 Å². The number of thiophene rings is 1. The number of rotatable bonds is 2. The number of aliphatic hydroxyl groups is 1. The summed E-state index contributed by atoms with van der Waals surface area (Å²) in [5.74, 6) is -0.323. The van der Waals surface area contributed by atoms with Crippen LogP contribution in [0.4, 0.5) is 4.39 Å². The predicted molar refractivity (Wildman–Crippen MR) is 74.9 cm³/mol. The van der Waals surface area contributed by atoms with Gasteiger partial charge in [0.2, 0.25) is 0 Å². The maximum absolute atomic E-state index is 13.0. The fourth-order valence-electron chi connectivity index (χ4n) is 1.49. The third kappa shape index (κ3) is 2.78. The lowest BCUT2D eigenvalue weighted by Gasteiger charge is -2.10. The van der Waals surface area contributed by atoms with Crippen molar-refractivity contribution in [1.82, 2.24) is 0 Å². The van der Waals surface area contributed by atoms with Crippen molar-refractivity contribution in [3.05, 3.63) is 54.3 Å². The zero-order chi connectivity index (χ0) is 12.6. The third-order valence-corrected chi connectivity index (χ3v) is 5.28. The van der Waals surface area contributed by atoms with E-state index < -0.39 is 6.10 Å². The highest BCUT2D eigenvalue weighted by Crippen LogP contribution is 2.36. The molecule has 1 unspecified atom stereocenters. The molecule has 0 bridgehead atoms. The second-order valence-corrected chi connectivity index (χ2v) is 6.93. The van der Waals surface area contributed by atoms with E-state index in [4.69, 9.17) is 0 Å². The van der Waals surface area contributed by atoms with E-state index in [-0.39, 0.29) is 5.82 Å². The van der Waals surface area contributed by atoms with Crippen LogP contribution in [0, 0.1) is 12.7 Å². The van der Waals surface area contributed by atoms with Gasteiger partial charge in [0.1, 0.15) is 11.9 Å². The van der Waals surface area contributed by atoms with Crippen molar-refractivity contribution in [2.75, 3.05) is 0 Å². The maximum Gasteiger partial charge on any atom is 0.124 e. The molecule has 0 aliphatic heterocycles. The van der Waals surface area contributed by atoms with E-state index in [1.54, 1.807) is 6.07 Å². The average Bonchev–Trinajstić information content (AvgIpc) is 2.58. The first-order valence-electron chi connectivity index (χ1n) is 4.88. The molecule has 0 aliphatic rings. The van der Waals surface area contributed by atoms with Gasteiger partial charge in [0.15, 0.2) is 0 Å². The van der Waals surface area contributed by atoms with Crippen molar-refractivity contribution in [2.45, 2.75) is 13.0 Å². The summed E-state index contributed by atoms with van der Waals surface area (Å²) >= 11 is 8.17. The molecule has 2 rings (SSSR count). The van der Waals surface area contributed by atoms with Crippen LogP contribution >= 0.6 is 43.2 Å². The van der Waals surface area contributed by atoms with Crippen LogP contribution in [0.2, 0.25) is 0 Å². The van der Waals surface area contributed by atoms with Crippen LogP contribution in [0.3, 0.4) is 0 Å². The van der Waals surface area contributed by atoms with Gasteiger partial charge in [-0.15, -0.1) is 11.3 Å². The van der Waals surface area contributed by atoms with E-state index in [1.165, 1.54) is 23.5 Å². The van der Waals surface area contributed by atoms with Gasteiger partial charge < -0.3 is 5.11 Å². The molecule has 5 heteroatoms. The Labute approximate surface area is 120 Å². The molecule has 1 N–H and O–H groups in total. The average molecular weight is 380 g/mol. The van der Waals surface area contributed by atoms with Crippen molar-refractivity contribution >= 4 is 43.2 Å². The summed E-state index contributed by atoms with van der Waals surface area (Å²) in [6.45, 7) is 1.97. The van der Waals surface area contributed by atoms with E-state index in [0.717, 1.165) is 14.2 Å². The van der Waals surface area contributed by atoms with Gasteiger partial charge in [-0.1, -0.05) is 22.0 Å². The molecule has 0 saturated heterocycles. The fourth-order valence-corrected chi connectivity index (χ4v) is 3.64. The second-order valence-electron chi connectivity index (χ2n) is 3.67. The number of benzene rings is 1. The van der Waals surface area contributed by atoms with Crippen LogP contribution in [0.1, 0.15) is 22.1 Å². The molecular weight excluding hydrogens is 371 g/mol. The monoisotopic (exact) mass is 378 g/mol. The SMILES string of the molecule is Cc1cc(C(O)c2ccc(F)cc2Br)sc1Br. The van der Waals surface area contributed by atoms with Gasteiger partial charge in [-0.05, 0) is 46.6 Å². The largest absolute Gasteiger partial charge is 0.383 e. The molecule has 0 aliphatic carbocycles. The van der Waals surface area contributed by atoms with E-state index in [1.807, 2.05) is 13.0 Å². The molecule has 1 nitrogen and oxygen atoms in total. The molecule has 1 aromatic heterocycles.